The number of methoxy groups -OCH3 is 1. The van der Waals surface area contributed by atoms with Crippen molar-refractivity contribution in [1.82, 2.24) is 19.8 Å². The number of ether oxygens (including phenoxy) is 1. The largest absolute Gasteiger partial charge is 0.496 e. The summed E-state index contributed by atoms with van der Waals surface area (Å²) in [5, 5.41) is 12.9. The molecular weight excluding hydrogens is 302 g/mol. The fraction of sp³-hybridized carbons (Fsp3) is 0.389. The molecule has 1 saturated heterocycles. The van der Waals surface area contributed by atoms with E-state index in [4.69, 9.17) is 9.84 Å². The minimum Gasteiger partial charge on any atom is -0.496 e. The lowest BCUT2D eigenvalue weighted by atomic mass is 10.0. The van der Waals surface area contributed by atoms with Gasteiger partial charge in [0.25, 0.3) is 0 Å². The van der Waals surface area contributed by atoms with E-state index in [1.54, 1.807) is 7.11 Å². The molecule has 1 aliphatic rings. The van der Waals surface area contributed by atoms with Crippen LogP contribution in [0.25, 0.3) is 5.65 Å². The monoisotopic (exact) mass is 323 g/mol. The second kappa shape index (κ2) is 6.11. The number of nitrogens with zero attached hydrogens (tertiary/aromatic N) is 5. The first-order chi connectivity index (χ1) is 11.8. The lowest BCUT2D eigenvalue weighted by Gasteiger charge is -2.26. The zero-order chi connectivity index (χ0) is 16.5. The quantitative estimate of drug-likeness (QED) is 0.739. The van der Waals surface area contributed by atoms with Crippen molar-refractivity contribution in [3.8, 4) is 5.75 Å². The number of rotatable bonds is 4. The molecule has 6 nitrogen and oxygen atoms in total. The molecule has 6 heteroatoms. The van der Waals surface area contributed by atoms with Crippen LogP contribution in [0, 0.1) is 6.92 Å². The smallest absolute Gasteiger partial charge is 0.178 e. The number of aryl methyl sites for hydroxylation is 1. The molecule has 2 aromatic heterocycles. The fourth-order valence-electron chi connectivity index (χ4n) is 3.51. The second-order valence-corrected chi connectivity index (χ2v) is 6.21. The molecule has 1 atom stereocenters. The Kier molecular flexibility index (Phi) is 3.80. The molecule has 0 spiro atoms. The van der Waals surface area contributed by atoms with E-state index < -0.39 is 0 Å². The van der Waals surface area contributed by atoms with Gasteiger partial charge in [0.15, 0.2) is 11.5 Å². The molecule has 3 aromatic rings. The molecule has 24 heavy (non-hydrogen) atoms. The van der Waals surface area contributed by atoms with Gasteiger partial charge in [-0.1, -0.05) is 18.2 Å². The van der Waals surface area contributed by atoms with Crippen LogP contribution in [-0.4, -0.2) is 39.5 Å². The molecule has 124 valence electrons. The Morgan fingerprint density at radius 3 is 2.92 bits per heavy atom. The molecule has 0 amide bonds. The van der Waals surface area contributed by atoms with E-state index >= 15 is 0 Å². The molecule has 3 heterocycles. The van der Waals surface area contributed by atoms with E-state index in [1.807, 2.05) is 35.7 Å². The summed E-state index contributed by atoms with van der Waals surface area (Å²) in [5.74, 6) is 2.76. The molecule has 0 N–H and O–H groups in total. The van der Waals surface area contributed by atoms with Crippen LogP contribution in [-0.2, 0) is 6.42 Å². The van der Waals surface area contributed by atoms with Gasteiger partial charge >= 0.3 is 0 Å². The number of aromatic nitrogens is 4. The van der Waals surface area contributed by atoms with E-state index in [1.165, 1.54) is 18.4 Å². The lowest BCUT2D eigenvalue weighted by Crippen LogP contribution is -2.32. The van der Waals surface area contributed by atoms with Crippen LogP contribution in [0.5, 0.6) is 5.75 Å². The first-order valence-electron chi connectivity index (χ1n) is 8.34. The summed E-state index contributed by atoms with van der Waals surface area (Å²) in [6.45, 7) is 2.95. The summed E-state index contributed by atoms with van der Waals surface area (Å²) < 4.78 is 7.32. The molecule has 0 saturated carbocycles. The van der Waals surface area contributed by atoms with Crippen LogP contribution in [0.3, 0.4) is 0 Å². The first-order valence-corrected chi connectivity index (χ1v) is 8.34. The summed E-state index contributed by atoms with van der Waals surface area (Å²) in [4.78, 5) is 2.39. The molecule has 1 aliphatic heterocycles. The fourth-order valence-corrected chi connectivity index (χ4v) is 3.51. The van der Waals surface area contributed by atoms with Crippen molar-refractivity contribution >= 4 is 11.5 Å². The van der Waals surface area contributed by atoms with Crippen LogP contribution < -0.4 is 9.64 Å². The van der Waals surface area contributed by atoms with Crippen LogP contribution in [0.2, 0.25) is 0 Å². The number of para-hydroxylation sites is 1. The highest BCUT2D eigenvalue weighted by molar-refractivity contribution is 5.48. The molecule has 1 aromatic carbocycles. The normalized spacial score (nSPS) is 17.6. The Balaban J connectivity index is 1.63. The molecule has 0 aliphatic carbocycles. The third kappa shape index (κ3) is 2.58. The maximum absolute atomic E-state index is 5.50. The van der Waals surface area contributed by atoms with E-state index in [-0.39, 0.29) is 0 Å². The minimum absolute atomic E-state index is 0.433. The molecule has 0 bridgehead atoms. The first kappa shape index (κ1) is 14.9. The van der Waals surface area contributed by atoms with E-state index in [0.717, 1.165) is 36.0 Å². The van der Waals surface area contributed by atoms with Gasteiger partial charge in [-0.25, -0.2) is 0 Å². The van der Waals surface area contributed by atoms with Crippen molar-refractivity contribution in [1.29, 1.82) is 0 Å². The van der Waals surface area contributed by atoms with Crippen LogP contribution in [0.15, 0.2) is 36.4 Å². The topological polar surface area (TPSA) is 55.5 Å². The van der Waals surface area contributed by atoms with E-state index in [2.05, 4.69) is 27.2 Å². The summed E-state index contributed by atoms with van der Waals surface area (Å²) in [6.07, 6.45) is 3.31. The number of benzene rings is 1. The number of hydrogen-bond donors (Lipinski definition) is 0. The molecule has 1 fully saturated rings. The maximum Gasteiger partial charge on any atom is 0.178 e. The second-order valence-electron chi connectivity index (χ2n) is 6.21. The number of fused-ring (bicyclic) bond motifs is 1. The zero-order valence-corrected chi connectivity index (χ0v) is 14.0. The van der Waals surface area contributed by atoms with Crippen molar-refractivity contribution in [2.45, 2.75) is 32.2 Å². The predicted molar refractivity (Wildman–Crippen MR) is 92.6 cm³/mol. The summed E-state index contributed by atoms with van der Waals surface area (Å²) in [7, 11) is 1.73. The summed E-state index contributed by atoms with van der Waals surface area (Å²) >= 11 is 0. The molecule has 4 rings (SSSR count). The van der Waals surface area contributed by atoms with Gasteiger partial charge in [-0.05, 0) is 49.9 Å². The van der Waals surface area contributed by atoms with Gasteiger partial charge in [-0.15, -0.1) is 15.3 Å². The number of hydrogen-bond acceptors (Lipinski definition) is 5. The SMILES string of the molecule is COc1ccccc1CC1CCCN1c1ccc2nnc(C)n2n1. The Morgan fingerprint density at radius 1 is 1.17 bits per heavy atom. The van der Waals surface area contributed by atoms with Crippen LogP contribution in [0.4, 0.5) is 5.82 Å². The van der Waals surface area contributed by atoms with Crippen molar-refractivity contribution in [3.05, 3.63) is 47.8 Å². The van der Waals surface area contributed by atoms with Crippen molar-refractivity contribution in [3.63, 3.8) is 0 Å². The Labute approximate surface area is 141 Å². The average molecular weight is 323 g/mol. The van der Waals surface area contributed by atoms with E-state index in [9.17, 15) is 0 Å². The van der Waals surface area contributed by atoms with Gasteiger partial charge in [0.2, 0.25) is 0 Å². The van der Waals surface area contributed by atoms with Gasteiger partial charge in [0, 0.05) is 12.6 Å². The third-order valence-corrected chi connectivity index (χ3v) is 4.72. The Morgan fingerprint density at radius 2 is 2.04 bits per heavy atom. The molecule has 0 radical (unpaired) electrons. The van der Waals surface area contributed by atoms with Gasteiger partial charge in [-0.2, -0.15) is 4.52 Å². The van der Waals surface area contributed by atoms with Crippen molar-refractivity contribution in [2.24, 2.45) is 0 Å². The molecule has 1 unspecified atom stereocenters. The van der Waals surface area contributed by atoms with Crippen LogP contribution >= 0.6 is 0 Å². The highest BCUT2D eigenvalue weighted by Crippen LogP contribution is 2.29. The van der Waals surface area contributed by atoms with Gasteiger partial charge in [0.05, 0.1) is 7.11 Å². The number of anilines is 1. The minimum atomic E-state index is 0.433. The maximum atomic E-state index is 5.50. The zero-order valence-electron chi connectivity index (χ0n) is 14.0. The standard InChI is InChI=1S/C18H21N5O/c1-13-19-20-17-9-10-18(21-23(13)17)22-11-5-7-15(22)12-14-6-3-4-8-16(14)24-2/h3-4,6,8-10,15H,5,7,11-12H2,1-2H3. The van der Waals surface area contributed by atoms with Crippen molar-refractivity contribution < 1.29 is 4.74 Å². The molecular formula is C18H21N5O. The highest BCUT2D eigenvalue weighted by atomic mass is 16.5. The van der Waals surface area contributed by atoms with Crippen molar-refractivity contribution in [2.75, 3.05) is 18.6 Å². The average Bonchev–Trinajstić information content (AvgIpc) is 3.22. The van der Waals surface area contributed by atoms with Gasteiger partial charge in [0.1, 0.15) is 11.6 Å². The van der Waals surface area contributed by atoms with E-state index in [0.29, 0.717) is 6.04 Å². The van der Waals surface area contributed by atoms with Gasteiger partial charge in [-0.3, -0.25) is 0 Å². The summed E-state index contributed by atoms with van der Waals surface area (Å²) in [5.41, 5.74) is 2.04. The van der Waals surface area contributed by atoms with Gasteiger partial charge < -0.3 is 9.64 Å². The predicted octanol–water partition coefficient (Wildman–Crippen LogP) is 2.65. The lowest BCUT2D eigenvalue weighted by molar-refractivity contribution is 0.408. The highest BCUT2D eigenvalue weighted by Gasteiger charge is 2.27. The third-order valence-electron chi connectivity index (χ3n) is 4.72. The Bertz CT molecular complexity index is 859. The van der Waals surface area contributed by atoms with Crippen LogP contribution in [0.1, 0.15) is 24.2 Å². The summed E-state index contributed by atoms with van der Waals surface area (Å²) in [6, 6.07) is 12.7. The Hall–Kier alpha value is -2.63.